The Morgan fingerprint density at radius 2 is 2.38 bits per heavy atom. The molecule has 16 heavy (non-hydrogen) atoms. The molecule has 4 heteroatoms. The Morgan fingerprint density at radius 3 is 3.25 bits per heavy atom. The Bertz CT molecular complexity index is 474. The zero-order chi connectivity index (χ0) is 10.8. The Balaban J connectivity index is 1.83. The van der Waals surface area contributed by atoms with Crippen molar-refractivity contribution in [2.24, 2.45) is 0 Å². The van der Waals surface area contributed by atoms with Gasteiger partial charge >= 0.3 is 0 Å². The summed E-state index contributed by atoms with van der Waals surface area (Å²) in [6.45, 7) is 3.46. The van der Waals surface area contributed by atoms with Crippen LogP contribution in [-0.2, 0) is 11.3 Å². The number of morpholine rings is 1. The van der Waals surface area contributed by atoms with Crippen LogP contribution in [0, 0.1) is 0 Å². The molecule has 4 nitrogen and oxygen atoms in total. The van der Waals surface area contributed by atoms with E-state index in [0.29, 0.717) is 6.04 Å². The van der Waals surface area contributed by atoms with Gasteiger partial charge in [-0.05, 0) is 12.1 Å². The van der Waals surface area contributed by atoms with Crippen LogP contribution >= 0.6 is 0 Å². The van der Waals surface area contributed by atoms with Crippen molar-refractivity contribution in [2.75, 3.05) is 19.8 Å². The molecule has 0 aliphatic carbocycles. The molecule has 1 fully saturated rings. The monoisotopic (exact) mass is 217 g/mol. The van der Waals surface area contributed by atoms with E-state index in [1.807, 2.05) is 24.5 Å². The zero-order valence-electron chi connectivity index (χ0n) is 9.10. The molecule has 1 aromatic carbocycles. The van der Waals surface area contributed by atoms with Gasteiger partial charge in [0.2, 0.25) is 0 Å². The highest BCUT2D eigenvalue weighted by Crippen LogP contribution is 2.12. The number of para-hydroxylation sites is 2. The van der Waals surface area contributed by atoms with E-state index in [4.69, 9.17) is 4.74 Å². The lowest BCUT2D eigenvalue weighted by Crippen LogP contribution is -2.43. The van der Waals surface area contributed by atoms with Crippen LogP contribution in [-0.4, -0.2) is 35.4 Å². The van der Waals surface area contributed by atoms with Crippen LogP contribution in [0.3, 0.4) is 0 Å². The molecule has 2 heterocycles. The first-order valence-electron chi connectivity index (χ1n) is 5.64. The number of nitrogens with one attached hydrogen (secondary N) is 1. The number of benzene rings is 1. The number of fused-ring (bicyclic) bond motifs is 1. The molecule has 1 aliphatic rings. The fraction of sp³-hybridized carbons (Fsp3) is 0.417. The average molecular weight is 217 g/mol. The van der Waals surface area contributed by atoms with E-state index >= 15 is 0 Å². The Morgan fingerprint density at radius 1 is 1.44 bits per heavy atom. The predicted octanol–water partition coefficient (Wildman–Crippen LogP) is 1.02. The second kappa shape index (κ2) is 4.23. The number of aromatic nitrogens is 2. The van der Waals surface area contributed by atoms with E-state index in [-0.39, 0.29) is 0 Å². The number of ether oxygens (including phenoxy) is 1. The van der Waals surface area contributed by atoms with Gasteiger partial charge in [-0.1, -0.05) is 12.1 Å². The Kier molecular flexibility index (Phi) is 2.60. The summed E-state index contributed by atoms with van der Waals surface area (Å²) >= 11 is 0. The molecule has 3 rings (SSSR count). The third-order valence-corrected chi connectivity index (χ3v) is 2.94. The van der Waals surface area contributed by atoms with Crippen molar-refractivity contribution in [2.45, 2.75) is 12.6 Å². The number of hydrogen-bond donors (Lipinski definition) is 1. The minimum atomic E-state index is 0.395. The zero-order valence-corrected chi connectivity index (χ0v) is 9.10. The van der Waals surface area contributed by atoms with Crippen molar-refractivity contribution in [1.29, 1.82) is 0 Å². The molecule has 0 saturated carbocycles. The van der Waals surface area contributed by atoms with Gasteiger partial charge in [-0.3, -0.25) is 0 Å². The Labute approximate surface area is 94.2 Å². The highest BCUT2D eigenvalue weighted by atomic mass is 16.5. The molecule has 1 N–H and O–H groups in total. The van der Waals surface area contributed by atoms with E-state index in [0.717, 1.165) is 31.8 Å². The maximum absolute atomic E-state index is 5.45. The normalized spacial score (nSPS) is 21.4. The minimum absolute atomic E-state index is 0.395. The summed E-state index contributed by atoms with van der Waals surface area (Å²) in [4.78, 5) is 4.38. The minimum Gasteiger partial charge on any atom is -0.378 e. The van der Waals surface area contributed by atoms with E-state index in [2.05, 4.69) is 20.9 Å². The van der Waals surface area contributed by atoms with E-state index < -0.39 is 0 Å². The Hall–Kier alpha value is -1.39. The number of nitrogens with zero attached hydrogens (tertiary/aromatic N) is 2. The van der Waals surface area contributed by atoms with Crippen LogP contribution in [0.2, 0.25) is 0 Å². The first-order valence-corrected chi connectivity index (χ1v) is 5.64. The predicted molar refractivity (Wildman–Crippen MR) is 62.3 cm³/mol. The van der Waals surface area contributed by atoms with E-state index in [1.165, 1.54) is 5.52 Å². The number of hydrogen-bond acceptors (Lipinski definition) is 3. The van der Waals surface area contributed by atoms with Gasteiger partial charge in [-0.25, -0.2) is 4.98 Å². The number of rotatable bonds is 2. The molecule has 0 bridgehead atoms. The number of imidazole rings is 1. The van der Waals surface area contributed by atoms with Crippen molar-refractivity contribution in [1.82, 2.24) is 14.9 Å². The van der Waals surface area contributed by atoms with Crippen LogP contribution in [0.5, 0.6) is 0 Å². The lowest BCUT2D eigenvalue weighted by Gasteiger charge is -2.24. The molecule has 0 spiro atoms. The maximum Gasteiger partial charge on any atom is 0.0958 e. The largest absolute Gasteiger partial charge is 0.378 e. The van der Waals surface area contributed by atoms with Crippen molar-refractivity contribution >= 4 is 11.0 Å². The van der Waals surface area contributed by atoms with Gasteiger partial charge in [-0.2, -0.15) is 0 Å². The molecule has 84 valence electrons. The van der Waals surface area contributed by atoms with Gasteiger partial charge in [0, 0.05) is 19.1 Å². The molecule has 0 amide bonds. The van der Waals surface area contributed by atoms with Gasteiger partial charge in [0.1, 0.15) is 0 Å². The van der Waals surface area contributed by atoms with Gasteiger partial charge in [0.25, 0.3) is 0 Å². The second-order valence-electron chi connectivity index (χ2n) is 4.11. The van der Waals surface area contributed by atoms with Crippen LogP contribution in [0.25, 0.3) is 11.0 Å². The third kappa shape index (κ3) is 1.81. The molecule has 1 saturated heterocycles. The highest BCUT2D eigenvalue weighted by molar-refractivity contribution is 5.74. The molecular formula is C12H15N3O. The summed E-state index contributed by atoms with van der Waals surface area (Å²) in [7, 11) is 0. The van der Waals surface area contributed by atoms with Gasteiger partial charge < -0.3 is 14.6 Å². The fourth-order valence-electron chi connectivity index (χ4n) is 2.13. The van der Waals surface area contributed by atoms with Gasteiger partial charge in [0.15, 0.2) is 0 Å². The first kappa shape index (κ1) is 9.81. The summed E-state index contributed by atoms with van der Waals surface area (Å²) in [6, 6.07) is 8.60. The first-order chi connectivity index (χ1) is 7.93. The molecule has 2 aromatic rings. The molecule has 1 atom stereocenters. The second-order valence-corrected chi connectivity index (χ2v) is 4.11. The van der Waals surface area contributed by atoms with Crippen LogP contribution in [0.1, 0.15) is 0 Å². The van der Waals surface area contributed by atoms with Gasteiger partial charge in [-0.15, -0.1) is 0 Å². The van der Waals surface area contributed by atoms with Crippen molar-refractivity contribution in [3.63, 3.8) is 0 Å². The summed E-state index contributed by atoms with van der Waals surface area (Å²) in [6.07, 6.45) is 1.90. The summed E-state index contributed by atoms with van der Waals surface area (Å²) in [5, 5.41) is 3.45. The molecule has 1 unspecified atom stereocenters. The third-order valence-electron chi connectivity index (χ3n) is 2.94. The molecule has 1 aromatic heterocycles. The molecule has 1 aliphatic heterocycles. The van der Waals surface area contributed by atoms with Gasteiger partial charge in [0.05, 0.1) is 30.6 Å². The van der Waals surface area contributed by atoms with E-state index in [9.17, 15) is 0 Å². The smallest absolute Gasteiger partial charge is 0.0958 e. The standard InChI is InChI=1S/C12H15N3O/c1-2-4-12-11(3-1)14-9-15(12)7-10-8-16-6-5-13-10/h1-4,9-10,13H,5-8H2. The van der Waals surface area contributed by atoms with Crippen molar-refractivity contribution in [3.8, 4) is 0 Å². The molecular weight excluding hydrogens is 202 g/mol. The van der Waals surface area contributed by atoms with Crippen LogP contribution in [0.15, 0.2) is 30.6 Å². The average Bonchev–Trinajstić information content (AvgIpc) is 2.74. The van der Waals surface area contributed by atoms with Crippen LogP contribution < -0.4 is 5.32 Å². The van der Waals surface area contributed by atoms with E-state index in [1.54, 1.807) is 0 Å². The van der Waals surface area contributed by atoms with Crippen molar-refractivity contribution < 1.29 is 4.74 Å². The molecule has 0 radical (unpaired) electrons. The lowest BCUT2D eigenvalue weighted by molar-refractivity contribution is 0.0718. The van der Waals surface area contributed by atoms with Crippen molar-refractivity contribution in [3.05, 3.63) is 30.6 Å². The fourth-order valence-corrected chi connectivity index (χ4v) is 2.13. The maximum atomic E-state index is 5.45. The summed E-state index contributed by atoms with van der Waals surface area (Å²) < 4.78 is 7.63. The quantitative estimate of drug-likeness (QED) is 0.816. The van der Waals surface area contributed by atoms with Crippen LogP contribution in [0.4, 0.5) is 0 Å². The topological polar surface area (TPSA) is 39.1 Å². The highest BCUT2D eigenvalue weighted by Gasteiger charge is 2.14. The summed E-state index contributed by atoms with van der Waals surface area (Å²) in [5.41, 5.74) is 2.24. The summed E-state index contributed by atoms with van der Waals surface area (Å²) in [5.74, 6) is 0. The SMILES string of the molecule is c1ccc2c(c1)ncn2CC1COCCN1. The lowest BCUT2D eigenvalue weighted by atomic mass is 10.2.